The van der Waals surface area contributed by atoms with Crippen LogP contribution in [0.5, 0.6) is 5.75 Å². The van der Waals surface area contributed by atoms with E-state index in [1.165, 1.54) is 6.92 Å². The summed E-state index contributed by atoms with van der Waals surface area (Å²) in [6.45, 7) is 10.2. The van der Waals surface area contributed by atoms with Crippen molar-refractivity contribution in [3.63, 3.8) is 0 Å². The van der Waals surface area contributed by atoms with E-state index in [1.807, 2.05) is 58.0 Å². The molecule has 2 N–H and O–H groups in total. The number of nitrogens with one attached hydrogen (secondary N) is 2. The highest BCUT2D eigenvalue weighted by Crippen LogP contribution is 2.37. The molecule has 0 saturated heterocycles. The molecule has 0 spiro atoms. The predicted molar refractivity (Wildman–Crippen MR) is 121 cm³/mol. The van der Waals surface area contributed by atoms with Crippen molar-refractivity contribution in [2.24, 2.45) is 0 Å². The van der Waals surface area contributed by atoms with E-state index >= 15 is 0 Å². The summed E-state index contributed by atoms with van der Waals surface area (Å²) in [5.74, 6) is 0.618. The maximum atomic E-state index is 12.2. The zero-order chi connectivity index (χ0) is 22.6. The minimum absolute atomic E-state index is 0.0894. The first-order valence-electron chi connectivity index (χ1n) is 10.5. The Bertz CT molecular complexity index is 924. The molecule has 0 fully saturated rings. The van der Waals surface area contributed by atoms with Gasteiger partial charge in [-0.25, -0.2) is 4.79 Å². The van der Waals surface area contributed by atoms with E-state index < -0.39 is 11.7 Å². The minimum Gasteiger partial charge on any atom is -0.484 e. The van der Waals surface area contributed by atoms with Gasteiger partial charge in [0.15, 0.2) is 0 Å². The lowest BCUT2D eigenvalue weighted by atomic mass is 10.1. The van der Waals surface area contributed by atoms with Gasteiger partial charge in [0.2, 0.25) is 5.91 Å². The summed E-state index contributed by atoms with van der Waals surface area (Å²) in [4.78, 5) is 25.9. The Kier molecular flexibility index (Phi) is 6.73. The third kappa shape index (κ3) is 6.38. The summed E-state index contributed by atoms with van der Waals surface area (Å²) in [6, 6.07) is 15.5. The molecule has 31 heavy (non-hydrogen) atoms. The molecule has 0 aromatic heterocycles. The molecule has 2 aromatic carbocycles. The second kappa shape index (κ2) is 9.29. The second-order valence-corrected chi connectivity index (χ2v) is 8.82. The molecule has 1 unspecified atom stereocenters. The SMILES string of the molecule is CC(=O)N[C@H](C)C1CN(Cc2ccccc2)c2cc(NC(=O)OC(C)(C)C)ccc2O1. The number of fused-ring (bicyclic) bond motifs is 1. The number of hydrogen-bond acceptors (Lipinski definition) is 5. The van der Waals surface area contributed by atoms with Crippen LogP contribution in [0, 0.1) is 0 Å². The molecule has 1 aliphatic rings. The lowest BCUT2D eigenvalue weighted by Gasteiger charge is -2.39. The van der Waals surface area contributed by atoms with Crippen LogP contribution in [0.4, 0.5) is 16.2 Å². The van der Waals surface area contributed by atoms with E-state index in [-0.39, 0.29) is 18.1 Å². The summed E-state index contributed by atoms with van der Waals surface area (Å²) in [6.07, 6.45) is -0.708. The van der Waals surface area contributed by atoms with Crippen LogP contribution in [0.3, 0.4) is 0 Å². The molecule has 0 bridgehead atoms. The van der Waals surface area contributed by atoms with Gasteiger partial charge in [0.1, 0.15) is 17.5 Å². The van der Waals surface area contributed by atoms with Gasteiger partial charge in [0.25, 0.3) is 0 Å². The Morgan fingerprint density at radius 1 is 1.19 bits per heavy atom. The highest BCUT2D eigenvalue weighted by molar-refractivity contribution is 5.86. The highest BCUT2D eigenvalue weighted by Gasteiger charge is 2.30. The van der Waals surface area contributed by atoms with Crippen LogP contribution >= 0.6 is 0 Å². The molecule has 1 heterocycles. The van der Waals surface area contributed by atoms with E-state index in [0.29, 0.717) is 24.5 Å². The zero-order valence-electron chi connectivity index (χ0n) is 18.8. The predicted octanol–water partition coefficient (Wildman–Crippen LogP) is 4.33. The van der Waals surface area contributed by atoms with Crippen molar-refractivity contribution >= 4 is 23.4 Å². The van der Waals surface area contributed by atoms with Crippen LogP contribution in [0.15, 0.2) is 48.5 Å². The number of hydrogen-bond donors (Lipinski definition) is 2. The van der Waals surface area contributed by atoms with Crippen LogP contribution in [-0.2, 0) is 16.1 Å². The van der Waals surface area contributed by atoms with E-state index in [9.17, 15) is 9.59 Å². The summed E-state index contributed by atoms with van der Waals surface area (Å²) in [7, 11) is 0. The molecule has 1 aliphatic heterocycles. The summed E-state index contributed by atoms with van der Waals surface area (Å²) < 4.78 is 11.6. The molecule has 2 atom stereocenters. The molecule has 7 nitrogen and oxygen atoms in total. The minimum atomic E-state index is -0.576. The molecular formula is C24H31N3O4. The number of anilines is 2. The number of benzene rings is 2. The molecule has 7 heteroatoms. The zero-order valence-corrected chi connectivity index (χ0v) is 18.8. The van der Waals surface area contributed by atoms with Crippen LogP contribution in [0.1, 0.15) is 40.2 Å². The van der Waals surface area contributed by atoms with Crippen molar-refractivity contribution in [2.45, 2.75) is 58.9 Å². The number of amides is 2. The fourth-order valence-electron chi connectivity index (χ4n) is 3.51. The van der Waals surface area contributed by atoms with Crippen molar-refractivity contribution in [2.75, 3.05) is 16.8 Å². The van der Waals surface area contributed by atoms with Crippen molar-refractivity contribution in [3.8, 4) is 5.75 Å². The first-order chi connectivity index (χ1) is 14.6. The normalized spacial score (nSPS) is 16.5. The molecule has 2 aromatic rings. The average molecular weight is 426 g/mol. The lowest BCUT2D eigenvalue weighted by molar-refractivity contribution is -0.120. The lowest BCUT2D eigenvalue weighted by Crippen LogP contribution is -2.51. The second-order valence-electron chi connectivity index (χ2n) is 8.82. The Balaban J connectivity index is 1.86. The number of rotatable bonds is 5. The van der Waals surface area contributed by atoms with Gasteiger partial charge in [-0.3, -0.25) is 10.1 Å². The third-order valence-corrected chi connectivity index (χ3v) is 4.83. The van der Waals surface area contributed by atoms with Gasteiger partial charge in [-0.2, -0.15) is 0 Å². The average Bonchev–Trinajstić information content (AvgIpc) is 2.67. The van der Waals surface area contributed by atoms with Crippen LogP contribution in [0.25, 0.3) is 0 Å². The maximum Gasteiger partial charge on any atom is 0.412 e. The smallest absolute Gasteiger partial charge is 0.412 e. The van der Waals surface area contributed by atoms with Crippen molar-refractivity contribution in [1.82, 2.24) is 5.32 Å². The van der Waals surface area contributed by atoms with Crippen LogP contribution in [0.2, 0.25) is 0 Å². The van der Waals surface area contributed by atoms with Crippen LogP contribution < -0.4 is 20.3 Å². The Hall–Kier alpha value is -3.22. The van der Waals surface area contributed by atoms with Crippen LogP contribution in [-0.4, -0.2) is 36.3 Å². The molecular weight excluding hydrogens is 394 g/mol. The number of ether oxygens (including phenoxy) is 2. The topological polar surface area (TPSA) is 79.9 Å². The van der Waals surface area contributed by atoms with Crippen molar-refractivity contribution in [1.29, 1.82) is 0 Å². The summed E-state index contributed by atoms with van der Waals surface area (Å²) in [5.41, 5.74) is 2.09. The Morgan fingerprint density at radius 2 is 1.90 bits per heavy atom. The van der Waals surface area contributed by atoms with E-state index in [1.54, 1.807) is 6.07 Å². The Labute approximate surface area is 183 Å². The van der Waals surface area contributed by atoms with E-state index in [2.05, 4.69) is 27.7 Å². The fraction of sp³-hybridized carbons (Fsp3) is 0.417. The molecule has 0 aliphatic carbocycles. The highest BCUT2D eigenvalue weighted by atomic mass is 16.6. The molecule has 3 rings (SSSR count). The standard InChI is InChI=1S/C24H31N3O4/c1-16(25-17(2)28)22-15-27(14-18-9-7-6-8-10-18)20-13-19(11-12-21(20)30-22)26-23(29)31-24(3,4)5/h6-13,16,22H,14-15H2,1-5H3,(H,25,28)(H,26,29)/t16-,22?/m1/s1. The summed E-state index contributed by atoms with van der Waals surface area (Å²) >= 11 is 0. The van der Waals surface area contributed by atoms with Gasteiger partial charge >= 0.3 is 6.09 Å². The fourth-order valence-corrected chi connectivity index (χ4v) is 3.51. The molecule has 2 amide bonds. The number of carbonyl (C=O) groups excluding carboxylic acids is 2. The van der Waals surface area contributed by atoms with Gasteiger partial charge < -0.3 is 19.7 Å². The van der Waals surface area contributed by atoms with Gasteiger partial charge in [-0.15, -0.1) is 0 Å². The summed E-state index contributed by atoms with van der Waals surface area (Å²) in [5, 5.41) is 5.72. The van der Waals surface area contributed by atoms with Gasteiger partial charge in [0, 0.05) is 19.2 Å². The number of carbonyl (C=O) groups is 2. The maximum absolute atomic E-state index is 12.2. The Morgan fingerprint density at radius 3 is 2.55 bits per heavy atom. The van der Waals surface area contributed by atoms with Crippen molar-refractivity contribution < 1.29 is 19.1 Å². The largest absolute Gasteiger partial charge is 0.484 e. The molecule has 0 saturated carbocycles. The van der Waals surface area contributed by atoms with Crippen molar-refractivity contribution in [3.05, 3.63) is 54.1 Å². The molecule has 166 valence electrons. The first kappa shape index (κ1) is 22.5. The number of nitrogens with zero attached hydrogens (tertiary/aromatic N) is 1. The van der Waals surface area contributed by atoms with Gasteiger partial charge in [0.05, 0.1) is 18.3 Å². The van der Waals surface area contributed by atoms with E-state index in [4.69, 9.17) is 9.47 Å². The third-order valence-electron chi connectivity index (χ3n) is 4.83. The molecule has 0 radical (unpaired) electrons. The monoisotopic (exact) mass is 425 g/mol. The first-order valence-corrected chi connectivity index (χ1v) is 10.5. The van der Waals surface area contributed by atoms with E-state index in [0.717, 1.165) is 11.3 Å². The van der Waals surface area contributed by atoms with Gasteiger partial charge in [-0.1, -0.05) is 30.3 Å². The van der Waals surface area contributed by atoms with Gasteiger partial charge in [-0.05, 0) is 51.5 Å². The quantitative estimate of drug-likeness (QED) is 0.746.